The highest BCUT2D eigenvalue weighted by Gasteiger charge is 2.18. The highest BCUT2D eigenvalue weighted by molar-refractivity contribution is 5.18. The fraction of sp³-hybridized carbons (Fsp3) is 0.615. The maximum absolute atomic E-state index is 4.34. The molecule has 1 N–H and O–H groups in total. The topological polar surface area (TPSA) is 28.2 Å². The predicted octanol–water partition coefficient (Wildman–Crippen LogP) is 1.57. The van der Waals surface area contributed by atoms with Gasteiger partial charge in [0.2, 0.25) is 0 Å². The number of hydrogen-bond donors (Lipinski definition) is 1. The van der Waals surface area contributed by atoms with Crippen molar-refractivity contribution >= 4 is 0 Å². The second-order valence-electron chi connectivity index (χ2n) is 4.61. The van der Waals surface area contributed by atoms with Crippen LogP contribution in [0.5, 0.6) is 0 Å². The van der Waals surface area contributed by atoms with Gasteiger partial charge in [-0.3, -0.25) is 9.88 Å². The van der Waals surface area contributed by atoms with Crippen LogP contribution in [0.1, 0.15) is 24.1 Å². The van der Waals surface area contributed by atoms with Crippen LogP contribution in [0.15, 0.2) is 18.3 Å². The Bertz CT molecular complexity index is 338. The molecule has 0 spiro atoms. The number of nitrogens with one attached hydrogen (secondary N) is 1. The molecule has 1 fully saturated rings. The summed E-state index contributed by atoms with van der Waals surface area (Å²) in [4.78, 5) is 6.86. The molecule has 3 nitrogen and oxygen atoms in total. The molecule has 0 bridgehead atoms. The van der Waals surface area contributed by atoms with Crippen molar-refractivity contribution < 1.29 is 0 Å². The van der Waals surface area contributed by atoms with Gasteiger partial charge >= 0.3 is 0 Å². The summed E-state index contributed by atoms with van der Waals surface area (Å²) < 4.78 is 0. The van der Waals surface area contributed by atoms with Crippen molar-refractivity contribution in [2.75, 3.05) is 20.1 Å². The minimum atomic E-state index is 0.658. The summed E-state index contributed by atoms with van der Waals surface area (Å²) in [5.41, 5.74) is 2.52. The normalized spacial score (nSPS) is 22.2. The van der Waals surface area contributed by atoms with Crippen LogP contribution >= 0.6 is 0 Å². The molecule has 0 radical (unpaired) electrons. The molecule has 0 saturated carbocycles. The van der Waals surface area contributed by atoms with Gasteiger partial charge in [-0.1, -0.05) is 6.07 Å². The zero-order chi connectivity index (χ0) is 11.4. The third kappa shape index (κ3) is 2.80. The Hall–Kier alpha value is -0.930. The van der Waals surface area contributed by atoms with Crippen molar-refractivity contribution in [3.63, 3.8) is 0 Å². The summed E-state index contributed by atoms with van der Waals surface area (Å²) in [6.45, 7) is 5.50. The van der Waals surface area contributed by atoms with E-state index in [1.807, 2.05) is 12.3 Å². The monoisotopic (exact) mass is 219 g/mol. The summed E-state index contributed by atoms with van der Waals surface area (Å²) in [6, 6.07) is 4.87. The van der Waals surface area contributed by atoms with E-state index in [0.717, 1.165) is 18.8 Å². The summed E-state index contributed by atoms with van der Waals surface area (Å²) >= 11 is 0. The quantitative estimate of drug-likeness (QED) is 0.836. The number of pyridine rings is 1. The minimum absolute atomic E-state index is 0.658. The molecule has 1 aliphatic heterocycles. The first-order valence-electron chi connectivity index (χ1n) is 6.09. The van der Waals surface area contributed by atoms with Gasteiger partial charge in [-0.05, 0) is 45.0 Å². The van der Waals surface area contributed by atoms with E-state index in [2.05, 4.69) is 35.2 Å². The number of piperidine rings is 1. The first-order valence-corrected chi connectivity index (χ1v) is 6.09. The van der Waals surface area contributed by atoms with E-state index in [0.29, 0.717) is 6.04 Å². The minimum Gasteiger partial charge on any atom is -0.316 e. The van der Waals surface area contributed by atoms with Gasteiger partial charge in [0.1, 0.15) is 0 Å². The van der Waals surface area contributed by atoms with Gasteiger partial charge in [-0.2, -0.15) is 0 Å². The van der Waals surface area contributed by atoms with Crippen molar-refractivity contribution in [2.45, 2.75) is 32.4 Å². The summed E-state index contributed by atoms with van der Waals surface area (Å²) in [7, 11) is 2.06. The SMILES string of the molecule is CNC1CCCN(Cc2cccnc2C)C1. The van der Waals surface area contributed by atoms with Gasteiger partial charge in [0.05, 0.1) is 0 Å². The van der Waals surface area contributed by atoms with Crippen LogP contribution in [0.4, 0.5) is 0 Å². The molecular weight excluding hydrogens is 198 g/mol. The number of aryl methyl sites for hydroxylation is 1. The van der Waals surface area contributed by atoms with Gasteiger partial charge in [0, 0.05) is 31.0 Å². The van der Waals surface area contributed by atoms with Crippen LogP contribution in [-0.4, -0.2) is 36.1 Å². The molecule has 1 aliphatic rings. The van der Waals surface area contributed by atoms with Crippen LogP contribution in [0.2, 0.25) is 0 Å². The van der Waals surface area contributed by atoms with Gasteiger partial charge < -0.3 is 5.32 Å². The number of aromatic nitrogens is 1. The average molecular weight is 219 g/mol. The zero-order valence-corrected chi connectivity index (χ0v) is 10.2. The Labute approximate surface area is 97.9 Å². The number of rotatable bonds is 3. The first-order chi connectivity index (χ1) is 7.79. The number of likely N-dealkylation sites (tertiary alicyclic amines) is 1. The molecule has 0 aliphatic carbocycles. The molecular formula is C13H21N3. The third-order valence-electron chi connectivity index (χ3n) is 3.42. The van der Waals surface area contributed by atoms with E-state index in [-0.39, 0.29) is 0 Å². The lowest BCUT2D eigenvalue weighted by Gasteiger charge is -2.32. The Kier molecular flexibility index (Phi) is 3.91. The third-order valence-corrected chi connectivity index (χ3v) is 3.42. The predicted molar refractivity (Wildman–Crippen MR) is 66.3 cm³/mol. The molecule has 1 aromatic heterocycles. The molecule has 1 saturated heterocycles. The van der Waals surface area contributed by atoms with Crippen LogP contribution < -0.4 is 5.32 Å². The molecule has 0 amide bonds. The molecule has 3 heteroatoms. The second kappa shape index (κ2) is 5.41. The van der Waals surface area contributed by atoms with E-state index in [1.165, 1.54) is 24.9 Å². The maximum atomic E-state index is 4.34. The molecule has 2 rings (SSSR count). The average Bonchev–Trinajstić information content (AvgIpc) is 2.32. The fourth-order valence-corrected chi connectivity index (χ4v) is 2.36. The second-order valence-corrected chi connectivity index (χ2v) is 4.61. The molecule has 0 aromatic carbocycles. The van der Waals surface area contributed by atoms with E-state index < -0.39 is 0 Å². The molecule has 2 heterocycles. The molecule has 1 aromatic rings. The van der Waals surface area contributed by atoms with Gasteiger partial charge in [0.25, 0.3) is 0 Å². The van der Waals surface area contributed by atoms with Crippen molar-refractivity contribution in [1.82, 2.24) is 15.2 Å². The van der Waals surface area contributed by atoms with E-state index in [9.17, 15) is 0 Å². The number of likely N-dealkylation sites (N-methyl/N-ethyl adjacent to an activating group) is 1. The lowest BCUT2D eigenvalue weighted by molar-refractivity contribution is 0.187. The van der Waals surface area contributed by atoms with Crippen molar-refractivity contribution in [3.05, 3.63) is 29.6 Å². The summed E-state index contributed by atoms with van der Waals surface area (Å²) in [6.07, 6.45) is 4.47. The van der Waals surface area contributed by atoms with Crippen LogP contribution in [0, 0.1) is 6.92 Å². The number of nitrogens with zero attached hydrogens (tertiary/aromatic N) is 2. The zero-order valence-electron chi connectivity index (χ0n) is 10.2. The molecule has 1 unspecified atom stereocenters. The van der Waals surface area contributed by atoms with Gasteiger partial charge in [-0.25, -0.2) is 0 Å². The Morgan fingerprint density at radius 3 is 3.19 bits per heavy atom. The van der Waals surface area contributed by atoms with Gasteiger partial charge in [-0.15, -0.1) is 0 Å². The smallest absolute Gasteiger partial charge is 0.0417 e. The van der Waals surface area contributed by atoms with Crippen molar-refractivity contribution in [1.29, 1.82) is 0 Å². The van der Waals surface area contributed by atoms with Crippen molar-refractivity contribution in [2.24, 2.45) is 0 Å². The Balaban J connectivity index is 1.97. The summed E-state index contributed by atoms with van der Waals surface area (Å²) in [5, 5.41) is 3.38. The van der Waals surface area contributed by atoms with Gasteiger partial charge in [0.15, 0.2) is 0 Å². The highest BCUT2D eigenvalue weighted by atomic mass is 15.2. The lowest BCUT2D eigenvalue weighted by atomic mass is 10.0. The Morgan fingerprint density at radius 2 is 2.44 bits per heavy atom. The molecule has 88 valence electrons. The largest absolute Gasteiger partial charge is 0.316 e. The van der Waals surface area contributed by atoms with Crippen LogP contribution in [0.3, 0.4) is 0 Å². The molecule has 1 atom stereocenters. The standard InChI is InChI=1S/C13H21N3/c1-11-12(5-3-7-15-11)9-16-8-4-6-13(10-16)14-2/h3,5,7,13-14H,4,6,8-10H2,1-2H3. The van der Waals surface area contributed by atoms with E-state index in [4.69, 9.17) is 0 Å². The molecule has 16 heavy (non-hydrogen) atoms. The lowest BCUT2D eigenvalue weighted by Crippen LogP contribution is -2.43. The van der Waals surface area contributed by atoms with E-state index in [1.54, 1.807) is 0 Å². The maximum Gasteiger partial charge on any atom is 0.0417 e. The van der Waals surface area contributed by atoms with E-state index >= 15 is 0 Å². The first kappa shape index (κ1) is 11.6. The van der Waals surface area contributed by atoms with Crippen molar-refractivity contribution in [3.8, 4) is 0 Å². The summed E-state index contributed by atoms with van der Waals surface area (Å²) in [5.74, 6) is 0. The van der Waals surface area contributed by atoms with Crippen LogP contribution in [-0.2, 0) is 6.54 Å². The fourth-order valence-electron chi connectivity index (χ4n) is 2.36. The highest BCUT2D eigenvalue weighted by Crippen LogP contribution is 2.14. The Morgan fingerprint density at radius 1 is 1.56 bits per heavy atom. The van der Waals surface area contributed by atoms with Crippen LogP contribution in [0.25, 0.3) is 0 Å². The number of hydrogen-bond acceptors (Lipinski definition) is 3.